The van der Waals surface area contributed by atoms with E-state index in [4.69, 9.17) is 27.9 Å². The van der Waals surface area contributed by atoms with Crippen LogP contribution < -0.4 is 10.6 Å². The van der Waals surface area contributed by atoms with Crippen LogP contribution in [0.1, 0.15) is 29.7 Å². The molecule has 1 aromatic heterocycles. The molecule has 1 saturated heterocycles. The fourth-order valence-electron chi connectivity index (χ4n) is 3.88. The summed E-state index contributed by atoms with van der Waals surface area (Å²) in [5.41, 5.74) is -2.13. The molecule has 2 heterocycles. The van der Waals surface area contributed by atoms with Crippen molar-refractivity contribution in [3.63, 3.8) is 0 Å². The molecule has 1 fully saturated rings. The molecule has 0 saturated carbocycles. The molecular formula is C20H18Cl2FN3O3. The number of hydrogen-bond donors (Lipinski definition) is 2. The Labute approximate surface area is 176 Å². The number of halogens is 3. The van der Waals surface area contributed by atoms with Crippen molar-refractivity contribution in [2.75, 3.05) is 13.2 Å². The second kappa shape index (κ2) is 7.55. The van der Waals surface area contributed by atoms with Gasteiger partial charge in [0.05, 0.1) is 12.3 Å². The number of nitrogens with one attached hydrogen (secondary N) is 2. The van der Waals surface area contributed by atoms with Gasteiger partial charge in [0.25, 0.3) is 5.91 Å². The van der Waals surface area contributed by atoms with Gasteiger partial charge in [-0.1, -0.05) is 35.3 Å². The van der Waals surface area contributed by atoms with Gasteiger partial charge in [-0.2, -0.15) is 0 Å². The maximum absolute atomic E-state index is 16.0. The highest BCUT2D eigenvalue weighted by molar-refractivity contribution is 6.35. The van der Waals surface area contributed by atoms with Crippen molar-refractivity contribution < 1.29 is 18.7 Å². The summed E-state index contributed by atoms with van der Waals surface area (Å²) in [6.45, 7) is 0.189. The fraction of sp³-hybridized carbons (Fsp3) is 0.350. The third-order valence-corrected chi connectivity index (χ3v) is 5.95. The number of nitrogens with zero attached hydrogens (tertiary/aromatic N) is 1. The largest absolute Gasteiger partial charge is 0.369 e. The number of carbonyl (C=O) groups is 2. The van der Waals surface area contributed by atoms with Crippen LogP contribution in [0.3, 0.4) is 0 Å². The van der Waals surface area contributed by atoms with E-state index in [9.17, 15) is 9.59 Å². The number of carbonyl (C=O) groups excluding carboxylic acids is 2. The number of aromatic nitrogens is 1. The molecule has 6 nitrogen and oxygen atoms in total. The van der Waals surface area contributed by atoms with Gasteiger partial charge in [0.15, 0.2) is 0 Å². The molecule has 1 aliphatic heterocycles. The number of rotatable bonds is 3. The number of alkyl halides is 1. The van der Waals surface area contributed by atoms with E-state index in [-0.39, 0.29) is 44.1 Å². The van der Waals surface area contributed by atoms with Gasteiger partial charge in [0, 0.05) is 28.4 Å². The molecule has 0 radical (unpaired) electrons. The summed E-state index contributed by atoms with van der Waals surface area (Å²) in [6, 6.07) is 7.98. The van der Waals surface area contributed by atoms with Crippen molar-refractivity contribution in [2.24, 2.45) is 0 Å². The summed E-state index contributed by atoms with van der Waals surface area (Å²) in [5.74, 6) is -1.07. The molecule has 0 bridgehead atoms. The van der Waals surface area contributed by atoms with E-state index in [0.717, 1.165) is 0 Å². The Morgan fingerprint density at radius 3 is 2.90 bits per heavy atom. The molecule has 2 aromatic rings. The Hall–Kier alpha value is -2.22. The topological polar surface area (TPSA) is 80.3 Å². The summed E-state index contributed by atoms with van der Waals surface area (Å²) < 4.78 is 21.4. The Balaban J connectivity index is 1.61. The minimum Gasteiger partial charge on any atom is -0.369 e. The van der Waals surface area contributed by atoms with Crippen LogP contribution in [0.5, 0.6) is 0 Å². The molecule has 9 heteroatoms. The summed E-state index contributed by atoms with van der Waals surface area (Å²) in [7, 11) is 0. The van der Waals surface area contributed by atoms with E-state index in [1.165, 1.54) is 12.3 Å². The van der Waals surface area contributed by atoms with Crippen molar-refractivity contribution >= 4 is 35.0 Å². The summed E-state index contributed by atoms with van der Waals surface area (Å²) >= 11 is 12.0. The Morgan fingerprint density at radius 2 is 2.14 bits per heavy atom. The molecule has 152 valence electrons. The highest BCUT2D eigenvalue weighted by atomic mass is 35.5. The lowest BCUT2D eigenvalue weighted by molar-refractivity contribution is -0.140. The molecule has 29 heavy (non-hydrogen) atoms. The third kappa shape index (κ3) is 3.58. The van der Waals surface area contributed by atoms with Crippen molar-refractivity contribution in [2.45, 2.75) is 30.6 Å². The lowest BCUT2D eigenvalue weighted by atomic mass is 9.72. The van der Waals surface area contributed by atoms with E-state index < -0.39 is 17.1 Å². The standard InChI is InChI=1S/C20H18Cl2FN3O3/c21-13-4-3-12(15(22)8-13)9-25-18(28)20(23)6-5-19(11-29-10-16(27)26-19)17-14(20)2-1-7-24-17/h1-4,7-8H,5-6,9-11H2,(H,25,28)(H,26,27)/t19-,20+/m1/s1. The minimum atomic E-state index is -2.28. The van der Waals surface area contributed by atoms with Gasteiger partial charge in [-0.15, -0.1) is 0 Å². The first-order valence-corrected chi connectivity index (χ1v) is 9.85. The summed E-state index contributed by atoms with van der Waals surface area (Å²) in [6.07, 6.45) is 1.59. The monoisotopic (exact) mass is 437 g/mol. The average Bonchev–Trinajstić information content (AvgIpc) is 2.70. The van der Waals surface area contributed by atoms with Crippen LogP contribution >= 0.6 is 23.2 Å². The molecule has 1 aliphatic carbocycles. The smallest absolute Gasteiger partial charge is 0.262 e. The van der Waals surface area contributed by atoms with Crippen LogP contribution in [0.4, 0.5) is 4.39 Å². The fourth-order valence-corrected chi connectivity index (χ4v) is 4.36. The first-order chi connectivity index (χ1) is 13.8. The van der Waals surface area contributed by atoms with Crippen molar-refractivity contribution in [3.8, 4) is 0 Å². The van der Waals surface area contributed by atoms with Gasteiger partial charge in [0.1, 0.15) is 12.1 Å². The lowest BCUT2D eigenvalue weighted by Gasteiger charge is -2.44. The molecule has 2 N–H and O–H groups in total. The minimum absolute atomic E-state index is 0.0486. The molecule has 1 spiro atoms. The highest BCUT2D eigenvalue weighted by Crippen LogP contribution is 2.46. The second-order valence-electron chi connectivity index (χ2n) is 7.24. The van der Waals surface area contributed by atoms with Crippen LogP contribution in [-0.4, -0.2) is 30.0 Å². The van der Waals surface area contributed by atoms with Gasteiger partial charge in [-0.25, -0.2) is 4.39 Å². The van der Waals surface area contributed by atoms with Gasteiger partial charge in [-0.05, 0) is 36.6 Å². The molecule has 2 aliphatic rings. The normalized spacial score (nSPS) is 26.0. The van der Waals surface area contributed by atoms with Crippen LogP contribution in [0, 0.1) is 0 Å². The Morgan fingerprint density at radius 1 is 1.31 bits per heavy atom. The Kier molecular flexibility index (Phi) is 5.23. The zero-order valence-electron chi connectivity index (χ0n) is 15.3. The van der Waals surface area contributed by atoms with Gasteiger partial charge in [-0.3, -0.25) is 14.6 Å². The second-order valence-corrected chi connectivity index (χ2v) is 8.09. The SMILES string of the molecule is O=C1COC[C@@]2(CC[C@@](F)(C(=O)NCc3ccc(Cl)cc3Cl)c3cccnc32)N1. The molecule has 4 rings (SSSR count). The van der Waals surface area contributed by atoms with Crippen LogP contribution in [0.15, 0.2) is 36.5 Å². The number of hydrogen-bond acceptors (Lipinski definition) is 4. The van der Waals surface area contributed by atoms with E-state index in [1.54, 1.807) is 24.3 Å². The first kappa shape index (κ1) is 20.1. The van der Waals surface area contributed by atoms with Gasteiger partial charge >= 0.3 is 0 Å². The van der Waals surface area contributed by atoms with Crippen LogP contribution in [0.2, 0.25) is 10.0 Å². The highest BCUT2D eigenvalue weighted by Gasteiger charge is 2.54. The van der Waals surface area contributed by atoms with Crippen molar-refractivity contribution in [1.29, 1.82) is 0 Å². The van der Waals surface area contributed by atoms with E-state index in [2.05, 4.69) is 15.6 Å². The van der Waals surface area contributed by atoms with Crippen molar-refractivity contribution in [3.05, 3.63) is 63.4 Å². The quantitative estimate of drug-likeness (QED) is 0.773. The lowest BCUT2D eigenvalue weighted by Crippen LogP contribution is -2.59. The molecule has 2 amide bonds. The average molecular weight is 438 g/mol. The maximum atomic E-state index is 16.0. The number of morpholine rings is 1. The number of fused-ring (bicyclic) bond motifs is 2. The van der Waals surface area contributed by atoms with E-state index >= 15 is 4.39 Å². The molecular weight excluding hydrogens is 420 g/mol. The predicted octanol–water partition coefficient (Wildman–Crippen LogP) is 3.01. The zero-order chi connectivity index (χ0) is 20.6. The first-order valence-electron chi connectivity index (χ1n) is 9.10. The number of amides is 2. The summed E-state index contributed by atoms with van der Waals surface area (Å²) in [5, 5.41) is 6.36. The van der Waals surface area contributed by atoms with Crippen molar-refractivity contribution in [1.82, 2.24) is 15.6 Å². The maximum Gasteiger partial charge on any atom is 0.262 e. The van der Waals surface area contributed by atoms with E-state index in [1.807, 2.05) is 0 Å². The molecule has 1 aromatic carbocycles. The Bertz CT molecular complexity index is 989. The summed E-state index contributed by atoms with van der Waals surface area (Å²) in [4.78, 5) is 29.1. The van der Waals surface area contributed by atoms with Gasteiger partial charge in [0.2, 0.25) is 11.6 Å². The number of ether oxygens (including phenoxy) is 1. The molecule has 2 atom stereocenters. The third-order valence-electron chi connectivity index (χ3n) is 5.36. The number of benzene rings is 1. The van der Waals surface area contributed by atoms with E-state index in [0.29, 0.717) is 21.3 Å². The van der Waals surface area contributed by atoms with Crippen LogP contribution in [-0.2, 0) is 32.1 Å². The van der Waals surface area contributed by atoms with Crippen LogP contribution in [0.25, 0.3) is 0 Å². The van der Waals surface area contributed by atoms with Gasteiger partial charge < -0.3 is 15.4 Å². The zero-order valence-corrected chi connectivity index (χ0v) is 16.8. The predicted molar refractivity (Wildman–Crippen MR) is 105 cm³/mol. The molecule has 0 unspecified atom stereocenters. The number of pyridine rings is 1.